The lowest BCUT2D eigenvalue weighted by molar-refractivity contribution is -0.114. The molecule has 8 heteroatoms. The van der Waals surface area contributed by atoms with Crippen LogP contribution in [0.15, 0.2) is 42.5 Å². The largest absolute Gasteiger partial charge is 0.453 e. The van der Waals surface area contributed by atoms with E-state index < -0.39 is 6.09 Å². The van der Waals surface area contributed by atoms with Crippen molar-refractivity contribution in [1.29, 1.82) is 0 Å². The van der Waals surface area contributed by atoms with Crippen molar-refractivity contribution in [2.45, 2.75) is 6.92 Å². The number of fused-ring (bicyclic) bond motifs is 1. The second-order valence-electron chi connectivity index (χ2n) is 5.52. The first-order chi connectivity index (χ1) is 12.5. The molecule has 0 atom stereocenters. The third-order valence-corrected chi connectivity index (χ3v) is 3.62. The van der Waals surface area contributed by atoms with E-state index >= 15 is 0 Å². The van der Waals surface area contributed by atoms with Gasteiger partial charge in [0.25, 0.3) is 0 Å². The number of rotatable bonds is 4. The zero-order valence-electron chi connectivity index (χ0n) is 14.1. The van der Waals surface area contributed by atoms with Crippen molar-refractivity contribution in [3.63, 3.8) is 0 Å². The average Bonchev–Trinajstić information content (AvgIpc) is 3.02. The van der Waals surface area contributed by atoms with Crippen molar-refractivity contribution in [3.05, 3.63) is 53.6 Å². The molecule has 2 aromatic carbocycles. The molecule has 0 aliphatic heterocycles. The van der Waals surface area contributed by atoms with Gasteiger partial charge in [-0.05, 0) is 42.5 Å². The smallest absolute Gasteiger partial charge is 0.413 e. The molecule has 8 nitrogen and oxygen atoms in total. The van der Waals surface area contributed by atoms with Crippen LogP contribution in [0.3, 0.4) is 0 Å². The topological polar surface area (TPSA) is 113 Å². The lowest BCUT2D eigenvalue weighted by Gasteiger charge is -2.04. The van der Waals surface area contributed by atoms with Crippen LogP contribution in [0.5, 0.6) is 0 Å². The fourth-order valence-corrected chi connectivity index (χ4v) is 2.43. The third kappa shape index (κ3) is 3.69. The Morgan fingerprint density at radius 2 is 1.69 bits per heavy atom. The number of aromatic amines is 1. The monoisotopic (exact) mass is 352 g/mol. The van der Waals surface area contributed by atoms with Crippen molar-refractivity contribution >= 4 is 40.5 Å². The zero-order valence-corrected chi connectivity index (χ0v) is 14.1. The molecule has 3 rings (SSSR count). The Balaban J connectivity index is 1.83. The molecule has 0 aliphatic rings. The van der Waals surface area contributed by atoms with Crippen LogP contribution in [0.2, 0.25) is 0 Å². The molecule has 0 saturated heterocycles. The van der Waals surface area contributed by atoms with Gasteiger partial charge in [0.15, 0.2) is 5.78 Å². The van der Waals surface area contributed by atoms with Crippen LogP contribution in [0.1, 0.15) is 22.8 Å². The SMILES string of the molecule is COC(=O)Nc1nc2ccc(C(=O)c3ccc(NC(C)=O)cc3)cc2[nH]1. The number of hydrogen-bond acceptors (Lipinski definition) is 5. The number of aromatic nitrogens is 2. The van der Waals surface area contributed by atoms with Gasteiger partial charge in [-0.2, -0.15) is 0 Å². The van der Waals surface area contributed by atoms with Gasteiger partial charge in [-0.15, -0.1) is 0 Å². The number of methoxy groups -OCH3 is 1. The zero-order chi connectivity index (χ0) is 18.7. The summed E-state index contributed by atoms with van der Waals surface area (Å²) in [6.07, 6.45) is -0.639. The summed E-state index contributed by atoms with van der Waals surface area (Å²) >= 11 is 0. The Morgan fingerprint density at radius 3 is 2.35 bits per heavy atom. The second-order valence-corrected chi connectivity index (χ2v) is 5.52. The first-order valence-electron chi connectivity index (χ1n) is 7.73. The van der Waals surface area contributed by atoms with E-state index in [9.17, 15) is 14.4 Å². The van der Waals surface area contributed by atoms with Crippen LogP contribution in [0, 0.1) is 0 Å². The van der Waals surface area contributed by atoms with E-state index in [1.165, 1.54) is 14.0 Å². The number of imidazole rings is 1. The molecule has 0 bridgehead atoms. The van der Waals surface area contributed by atoms with Gasteiger partial charge in [0.05, 0.1) is 18.1 Å². The van der Waals surface area contributed by atoms with E-state index in [-0.39, 0.29) is 17.6 Å². The number of ether oxygens (including phenoxy) is 1. The van der Waals surface area contributed by atoms with E-state index in [1.807, 2.05) is 0 Å². The Kier molecular flexibility index (Phi) is 4.66. The number of H-pyrrole nitrogens is 1. The van der Waals surface area contributed by atoms with Crippen LogP contribution in [-0.2, 0) is 9.53 Å². The van der Waals surface area contributed by atoms with Gasteiger partial charge in [0, 0.05) is 23.7 Å². The molecule has 0 aliphatic carbocycles. The normalized spacial score (nSPS) is 10.4. The lowest BCUT2D eigenvalue weighted by atomic mass is 10.0. The summed E-state index contributed by atoms with van der Waals surface area (Å²) < 4.78 is 4.51. The Labute approximate surface area is 148 Å². The van der Waals surface area contributed by atoms with Crippen molar-refractivity contribution < 1.29 is 19.1 Å². The van der Waals surface area contributed by atoms with Crippen LogP contribution in [0.25, 0.3) is 11.0 Å². The average molecular weight is 352 g/mol. The maximum atomic E-state index is 12.6. The summed E-state index contributed by atoms with van der Waals surface area (Å²) in [5, 5.41) is 5.09. The molecule has 2 amide bonds. The maximum Gasteiger partial charge on any atom is 0.413 e. The number of carbonyl (C=O) groups excluding carboxylic acids is 3. The van der Waals surface area contributed by atoms with Gasteiger partial charge in [-0.25, -0.2) is 9.78 Å². The molecule has 3 N–H and O–H groups in total. The van der Waals surface area contributed by atoms with Gasteiger partial charge in [0.1, 0.15) is 0 Å². The summed E-state index contributed by atoms with van der Waals surface area (Å²) in [6, 6.07) is 11.6. The molecule has 132 valence electrons. The fourth-order valence-electron chi connectivity index (χ4n) is 2.43. The van der Waals surface area contributed by atoms with Crippen LogP contribution in [0.4, 0.5) is 16.4 Å². The summed E-state index contributed by atoms with van der Waals surface area (Å²) in [7, 11) is 1.26. The Morgan fingerprint density at radius 1 is 1.00 bits per heavy atom. The van der Waals surface area contributed by atoms with Crippen molar-refractivity contribution in [2.24, 2.45) is 0 Å². The highest BCUT2D eigenvalue weighted by molar-refractivity contribution is 6.10. The maximum absolute atomic E-state index is 12.6. The van der Waals surface area contributed by atoms with Crippen LogP contribution < -0.4 is 10.6 Å². The molecule has 0 unspecified atom stereocenters. The van der Waals surface area contributed by atoms with E-state index in [4.69, 9.17) is 0 Å². The van der Waals surface area contributed by atoms with Crippen LogP contribution >= 0.6 is 0 Å². The van der Waals surface area contributed by atoms with E-state index in [0.29, 0.717) is 27.8 Å². The standard InChI is InChI=1S/C18H16N4O4/c1-10(23)19-13-6-3-11(4-7-13)16(24)12-5-8-14-15(9-12)21-17(20-14)22-18(25)26-2/h3-9H,1-2H3,(H,19,23)(H2,20,21,22,25). The van der Waals surface area contributed by atoms with E-state index in [2.05, 4.69) is 25.3 Å². The van der Waals surface area contributed by atoms with Gasteiger partial charge in [-0.1, -0.05) is 0 Å². The van der Waals surface area contributed by atoms with Crippen molar-refractivity contribution in [3.8, 4) is 0 Å². The molecule has 26 heavy (non-hydrogen) atoms. The number of nitrogens with zero attached hydrogens (tertiary/aromatic N) is 1. The molecule has 0 fully saturated rings. The molecule has 0 saturated carbocycles. The highest BCUT2D eigenvalue weighted by Gasteiger charge is 2.12. The summed E-state index contributed by atoms with van der Waals surface area (Å²) in [5.74, 6) is -0.111. The molecule has 0 radical (unpaired) electrons. The predicted octanol–water partition coefficient (Wildman–Crippen LogP) is 2.93. The minimum Gasteiger partial charge on any atom is -0.453 e. The summed E-state index contributed by atoms with van der Waals surface area (Å²) in [5.41, 5.74) is 2.80. The highest BCUT2D eigenvalue weighted by atomic mass is 16.5. The van der Waals surface area contributed by atoms with Gasteiger partial charge in [0.2, 0.25) is 11.9 Å². The number of ketones is 1. The molecule has 0 spiro atoms. The van der Waals surface area contributed by atoms with E-state index in [0.717, 1.165) is 0 Å². The molecular weight excluding hydrogens is 336 g/mol. The van der Waals surface area contributed by atoms with Crippen molar-refractivity contribution in [1.82, 2.24) is 9.97 Å². The highest BCUT2D eigenvalue weighted by Crippen LogP contribution is 2.19. The van der Waals surface area contributed by atoms with Crippen LogP contribution in [-0.4, -0.2) is 34.9 Å². The number of benzene rings is 2. The molecule has 1 aromatic heterocycles. The summed E-state index contributed by atoms with van der Waals surface area (Å²) in [6.45, 7) is 1.42. The number of carbonyl (C=O) groups is 3. The van der Waals surface area contributed by atoms with Gasteiger partial charge < -0.3 is 15.0 Å². The van der Waals surface area contributed by atoms with Gasteiger partial charge >= 0.3 is 6.09 Å². The molecule has 3 aromatic rings. The number of amides is 2. The summed E-state index contributed by atoms with van der Waals surface area (Å²) in [4.78, 5) is 42.0. The minimum atomic E-state index is -0.639. The molecule has 1 heterocycles. The number of anilines is 2. The first kappa shape index (κ1) is 17.2. The second kappa shape index (κ2) is 7.06. The molecular formula is C18H16N4O4. The number of hydrogen-bond donors (Lipinski definition) is 3. The fraction of sp³-hybridized carbons (Fsp3) is 0.111. The van der Waals surface area contributed by atoms with Crippen molar-refractivity contribution in [2.75, 3.05) is 17.7 Å². The Bertz CT molecular complexity index is 992. The number of nitrogens with one attached hydrogen (secondary N) is 3. The third-order valence-electron chi connectivity index (χ3n) is 3.62. The predicted molar refractivity (Wildman–Crippen MR) is 96.3 cm³/mol. The quantitative estimate of drug-likeness (QED) is 0.625. The lowest BCUT2D eigenvalue weighted by Crippen LogP contribution is -2.11. The van der Waals surface area contributed by atoms with E-state index in [1.54, 1.807) is 42.5 Å². The minimum absolute atomic E-state index is 0.168. The Hall–Kier alpha value is -3.68. The van der Waals surface area contributed by atoms with Gasteiger partial charge in [-0.3, -0.25) is 14.9 Å². The first-order valence-corrected chi connectivity index (χ1v) is 7.73.